The minimum Gasteiger partial charge on any atom is -0.382 e. The largest absolute Gasteiger partial charge is 0.382 e. The van der Waals surface area contributed by atoms with Crippen LogP contribution in [0.2, 0.25) is 0 Å². The summed E-state index contributed by atoms with van der Waals surface area (Å²) < 4.78 is 0. The van der Waals surface area contributed by atoms with Gasteiger partial charge in [0, 0.05) is 36.9 Å². The Hall–Kier alpha value is -2.12. The van der Waals surface area contributed by atoms with Crippen LogP contribution in [-0.2, 0) is 0 Å². The number of anilines is 1. The Bertz CT molecular complexity index is 566. The third-order valence-corrected chi connectivity index (χ3v) is 3.86. The van der Waals surface area contributed by atoms with E-state index in [9.17, 15) is 4.79 Å². The molecule has 1 saturated heterocycles. The molecule has 1 aliphatic heterocycles. The second-order valence-electron chi connectivity index (χ2n) is 5.44. The average Bonchev–Trinajstić information content (AvgIpc) is 2.49. The first-order chi connectivity index (χ1) is 10.1. The summed E-state index contributed by atoms with van der Waals surface area (Å²) in [5, 5.41) is 12.5. The van der Waals surface area contributed by atoms with E-state index in [2.05, 4.69) is 22.9 Å². The van der Waals surface area contributed by atoms with E-state index in [1.54, 1.807) is 25.1 Å². The summed E-state index contributed by atoms with van der Waals surface area (Å²) >= 11 is 0. The van der Waals surface area contributed by atoms with Crippen molar-refractivity contribution in [2.45, 2.75) is 25.8 Å². The number of ketones is 1. The average molecular weight is 283 g/mol. The highest BCUT2D eigenvalue weighted by Gasteiger charge is 2.19. The van der Waals surface area contributed by atoms with Crippen LogP contribution in [0.5, 0.6) is 0 Å². The third kappa shape index (κ3) is 3.93. The van der Waals surface area contributed by atoms with E-state index in [4.69, 9.17) is 5.26 Å². The van der Waals surface area contributed by atoms with Crippen molar-refractivity contribution in [1.29, 1.82) is 5.26 Å². The van der Waals surface area contributed by atoms with Crippen LogP contribution in [0.3, 0.4) is 0 Å². The highest BCUT2D eigenvalue weighted by molar-refractivity contribution is 5.99. The molecule has 1 aliphatic rings. The fourth-order valence-electron chi connectivity index (χ4n) is 2.70. The maximum atomic E-state index is 11.7. The van der Waals surface area contributed by atoms with Crippen molar-refractivity contribution in [3.05, 3.63) is 42.0 Å². The summed E-state index contributed by atoms with van der Waals surface area (Å²) in [5.41, 5.74) is 2.01. The Labute approximate surface area is 126 Å². The zero-order valence-corrected chi connectivity index (χ0v) is 12.4. The van der Waals surface area contributed by atoms with Crippen molar-refractivity contribution in [3.8, 4) is 6.07 Å². The molecule has 1 aromatic rings. The zero-order chi connectivity index (χ0) is 15.2. The number of rotatable bonds is 5. The van der Waals surface area contributed by atoms with Crippen LogP contribution < -0.4 is 5.32 Å². The number of hydrogen-bond donors (Lipinski definition) is 1. The first kappa shape index (κ1) is 15.3. The number of carbonyl (C=O) groups excluding carboxylic acids is 1. The number of piperidine rings is 1. The second-order valence-corrected chi connectivity index (χ2v) is 5.44. The molecule has 4 nitrogen and oxygen atoms in total. The summed E-state index contributed by atoms with van der Waals surface area (Å²) in [6, 6.07) is 7.66. The summed E-state index contributed by atoms with van der Waals surface area (Å²) in [5.74, 6) is 0.0195. The van der Waals surface area contributed by atoms with Gasteiger partial charge in [-0.25, -0.2) is 0 Å². The Kier molecular flexibility index (Phi) is 5.13. The summed E-state index contributed by atoms with van der Waals surface area (Å²) in [6.45, 7) is 8.30. The van der Waals surface area contributed by atoms with E-state index in [1.165, 1.54) is 0 Å². The molecule has 0 aromatic heterocycles. The van der Waals surface area contributed by atoms with Gasteiger partial charge in [0.2, 0.25) is 0 Å². The number of carbonyl (C=O) groups is 1. The molecule has 0 radical (unpaired) electrons. The SMILES string of the molecule is C=CCN1CCC(Nc2cc(C#N)ccc2C(C)=O)CC1. The zero-order valence-electron chi connectivity index (χ0n) is 12.4. The quantitative estimate of drug-likeness (QED) is 0.667. The van der Waals surface area contributed by atoms with E-state index in [0.29, 0.717) is 17.2 Å². The number of nitriles is 1. The molecule has 1 fully saturated rings. The monoisotopic (exact) mass is 283 g/mol. The summed E-state index contributed by atoms with van der Waals surface area (Å²) in [6.07, 6.45) is 3.99. The van der Waals surface area contributed by atoms with Gasteiger partial charge in [0.05, 0.1) is 11.6 Å². The fraction of sp³-hybridized carbons (Fsp3) is 0.412. The minimum atomic E-state index is 0.0195. The number of hydrogen-bond acceptors (Lipinski definition) is 4. The Morgan fingerprint density at radius 1 is 1.52 bits per heavy atom. The summed E-state index contributed by atoms with van der Waals surface area (Å²) in [4.78, 5) is 14.1. The molecule has 1 aromatic carbocycles. The van der Waals surface area contributed by atoms with Crippen molar-refractivity contribution in [2.75, 3.05) is 25.0 Å². The van der Waals surface area contributed by atoms with Crippen LogP contribution >= 0.6 is 0 Å². The molecule has 0 spiro atoms. The fourth-order valence-corrected chi connectivity index (χ4v) is 2.70. The highest BCUT2D eigenvalue weighted by atomic mass is 16.1. The topological polar surface area (TPSA) is 56.1 Å². The molecule has 0 atom stereocenters. The molecule has 0 aliphatic carbocycles. The van der Waals surface area contributed by atoms with E-state index in [1.807, 2.05) is 6.08 Å². The van der Waals surface area contributed by atoms with E-state index in [0.717, 1.165) is 38.2 Å². The molecule has 0 unspecified atom stereocenters. The molecule has 0 bridgehead atoms. The van der Waals surface area contributed by atoms with Crippen molar-refractivity contribution in [3.63, 3.8) is 0 Å². The number of likely N-dealkylation sites (tertiary alicyclic amines) is 1. The van der Waals surface area contributed by atoms with Crippen LogP contribution in [-0.4, -0.2) is 36.4 Å². The van der Waals surface area contributed by atoms with Gasteiger partial charge < -0.3 is 5.32 Å². The lowest BCUT2D eigenvalue weighted by molar-refractivity contribution is 0.101. The summed E-state index contributed by atoms with van der Waals surface area (Å²) in [7, 11) is 0. The molecular weight excluding hydrogens is 262 g/mol. The molecule has 0 amide bonds. The van der Waals surface area contributed by atoms with Gasteiger partial charge in [-0.1, -0.05) is 6.08 Å². The van der Waals surface area contributed by atoms with Crippen LogP contribution in [0.15, 0.2) is 30.9 Å². The van der Waals surface area contributed by atoms with Gasteiger partial charge in [-0.15, -0.1) is 6.58 Å². The molecule has 110 valence electrons. The van der Waals surface area contributed by atoms with E-state index < -0.39 is 0 Å². The predicted molar refractivity (Wildman–Crippen MR) is 84.4 cm³/mol. The molecule has 21 heavy (non-hydrogen) atoms. The minimum absolute atomic E-state index is 0.0195. The normalized spacial score (nSPS) is 16.2. The third-order valence-electron chi connectivity index (χ3n) is 3.86. The predicted octanol–water partition coefficient (Wildman–Crippen LogP) is 2.82. The van der Waals surface area contributed by atoms with Gasteiger partial charge in [0.15, 0.2) is 5.78 Å². The van der Waals surface area contributed by atoms with Gasteiger partial charge in [0.25, 0.3) is 0 Å². The van der Waals surface area contributed by atoms with Crippen molar-refractivity contribution in [2.24, 2.45) is 0 Å². The van der Waals surface area contributed by atoms with Gasteiger partial charge in [-0.2, -0.15) is 5.26 Å². The number of Topliss-reactive ketones (excluding diaryl/α,β-unsaturated/α-hetero) is 1. The standard InChI is InChI=1S/C17H21N3O/c1-3-8-20-9-6-15(7-10-20)19-17-11-14(12-18)4-5-16(17)13(2)21/h3-5,11,15,19H,1,6-10H2,2H3. The maximum Gasteiger partial charge on any atom is 0.161 e. The highest BCUT2D eigenvalue weighted by Crippen LogP contribution is 2.22. The van der Waals surface area contributed by atoms with Crippen LogP contribution in [0.25, 0.3) is 0 Å². The van der Waals surface area contributed by atoms with E-state index >= 15 is 0 Å². The van der Waals surface area contributed by atoms with Crippen LogP contribution in [0.4, 0.5) is 5.69 Å². The molecular formula is C17H21N3O. The van der Waals surface area contributed by atoms with Crippen LogP contribution in [0.1, 0.15) is 35.7 Å². The van der Waals surface area contributed by atoms with E-state index in [-0.39, 0.29) is 5.78 Å². The molecule has 1 heterocycles. The van der Waals surface area contributed by atoms with Crippen molar-refractivity contribution < 1.29 is 4.79 Å². The van der Waals surface area contributed by atoms with Gasteiger partial charge in [-0.05, 0) is 38.0 Å². The molecule has 1 N–H and O–H groups in total. The lowest BCUT2D eigenvalue weighted by Gasteiger charge is -2.32. The van der Waals surface area contributed by atoms with Crippen molar-refractivity contribution in [1.82, 2.24) is 4.90 Å². The first-order valence-electron chi connectivity index (χ1n) is 7.29. The molecule has 0 saturated carbocycles. The number of benzene rings is 1. The Morgan fingerprint density at radius 2 is 2.24 bits per heavy atom. The van der Waals surface area contributed by atoms with Gasteiger partial charge >= 0.3 is 0 Å². The lowest BCUT2D eigenvalue weighted by Crippen LogP contribution is -2.39. The maximum absolute atomic E-state index is 11.7. The van der Waals surface area contributed by atoms with Gasteiger partial charge in [-0.3, -0.25) is 9.69 Å². The Balaban J connectivity index is 2.07. The number of nitrogens with zero attached hydrogens (tertiary/aromatic N) is 2. The smallest absolute Gasteiger partial charge is 0.161 e. The van der Waals surface area contributed by atoms with Crippen molar-refractivity contribution >= 4 is 11.5 Å². The second kappa shape index (κ2) is 7.05. The number of nitrogens with one attached hydrogen (secondary N) is 1. The molecule has 4 heteroatoms. The van der Waals surface area contributed by atoms with Gasteiger partial charge in [0.1, 0.15) is 0 Å². The first-order valence-corrected chi connectivity index (χ1v) is 7.29. The lowest BCUT2D eigenvalue weighted by atomic mass is 10.0. The molecule has 2 rings (SSSR count). The Morgan fingerprint density at radius 3 is 2.81 bits per heavy atom. The van der Waals surface area contributed by atoms with Crippen LogP contribution in [0, 0.1) is 11.3 Å².